The fourth-order valence-electron chi connectivity index (χ4n) is 1.22. The highest BCUT2D eigenvalue weighted by atomic mass is 16.5. The van der Waals surface area contributed by atoms with E-state index in [0.717, 1.165) is 0 Å². The van der Waals surface area contributed by atoms with Crippen molar-refractivity contribution in [2.45, 2.75) is 26.3 Å². The molecule has 0 radical (unpaired) electrons. The molecular weight excluding hydrogens is 238 g/mol. The number of carbonyl (C=O) groups excluding carboxylic acids is 2. The zero-order valence-electron chi connectivity index (χ0n) is 10.4. The van der Waals surface area contributed by atoms with Crippen molar-refractivity contribution in [1.29, 1.82) is 0 Å². The summed E-state index contributed by atoms with van der Waals surface area (Å²) in [5.74, 6) is 0.116. The van der Waals surface area contributed by atoms with Crippen molar-refractivity contribution in [3.05, 3.63) is 12.2 Å². The number of carbonyl (C=O) groups is 2. The van der Waals surface area contributed by atoms with Crippen LogP contribution in [0.5, 0.6) is 0 Å². The van der Waals surface area contributed by atoms with Crippen molar-refractivity contribution in [2.24, 2.45) is 0 Å². The molecule has 1 unspecified atom stereocenters. The molecular formula is C10H17N5O3. The van der Waals surface area contributed by atoms with Gasteiger partial charge in [-0.3, -0.25) is 10.1 Å². The second-order valence-electron chi connectivity index (χ2n) is 3.61. The van der Waals surface area contributed by atoms with E-state index in [1.165, 1.54) is 6.33 Å². The van der Waals surface area contributed by atoms with E-state index in [1.54, 1.807) is 13.8 Å². The molecule has 1 rings (SSSR count). The highest BCUT2D eigenvalue weighted by Crippen LogP contribution is 1.91. The van der Waals surface area contributed by atoms with Gasteiger partial charge in [0.1, 0.15) is 0 Å². The number of imide groups is 1. The van der Waals surface area contributed by atoms with Crippen LogP contribution < -0.4 is 16.0 Å². The van der Waals surface area contributed by atoms with Gasteiger partial charge in [0.25, 0.3) is 0 Å². The summed E-state index contributed by atoms with van der Waals surface area (Å²) in [6.07, 6.45) is 1.85. The molecule has 18 heavy (non-hydrogen) atoms. The Balaban J connectivity index is 2.21. The quantitative estimate of drug-likeness (QED) is 0.628. The minimum absolute atomic E-state index is 0.383. The summed E-state index contributed by atoms with van der Waals surface area (Å²) in [6.45, 7) is 4.42. The average Bonchev–Trinajstić information content (AvgIpc) is 2.82. The van der Waals surface area contributed by atoms with E-state index in [1.807, 2.05) is 0 Å². The molecule has 1 aromatic rings. The molecule has 0 saturated heterocycles. The zero-order chi connectivity index (χ0) is 13.4. The van der Waals surface area contributed by atoms with Gasteiger partial charge in [-0.05, 0) is 13.8 Å². The van der Waals surface area contributed by atoms with Crippen LogP contribution in [0.4, 0.5) is 4.79 Å². The summed E-state index contributed by atoms with van der Waals surface area (Å²) in [7, 11) is 0. The van der Waals surface area contributed by atoms with Gasteiger partial charge in [0.05, 0.1) is 6.04 Å². The van der Waals surface area contributed by atoms with Crippen LogP contribution in [0.1, 0.15) is 19.7 Å². The van der Waals surface area contributed by atoms with Crippen LogP contribution in [0.2, 0.25) is 0 Å². The molecule has 1 heterocycles. The smallest absolute Gasteiger partial charge is 0.321 e. The van der Waals surface area contributed by atoms with Crippen LogP contribution >= 0.6 is 0 Å². The predicted octanol–water partition coefficient (Wildman–Crippen LogP) is -0.564. The first-order valence-corrected chi connectivity index (χ1v) is 5.71. The molecule has 0 aliphatic carbocycles. The summed E-state index contributed by atoms with van der Waals surface area (Å²) in [5, 5.41) is 11.1. The Morgan fingerprint density at radius 2 is 2.28 bits per heavy atom. The maximum Gasteiger partial charge on any atom is 0.321 e. The topological polar surface area (TPSA) is 109 Å². The van der Waals surface area contributed by atoms with Gasteiger partial charge in [-0.15, -0.1) is 0 Å². The van der Waals surface area contributed by atoms with Gasteiger partial charge in [0, 0.05) is 19.5 Å². The lowest BCUT2D eigenvalue weighted by Crippen LogP contribution is -2.48. The van der Waals surface area contributed by atoms with Crippen LogP contribution in [-0.2, 0) is 11.2 Å². The third-order valence-corrected chi connectivity index (χ3v) is 2.16. The lowest BCUT2D eigenvalue weighted by atomic mass is 10.3. The van der Waals surface area contributed by atoms with Crippen molar-refractivity contribution in [2.75, 3.05) is 13.1 Å². The molecule has 1 atom stereocenters. The van der Waals surface area contributed by atoms with Crippen molar-refractivity contribution >= 4 is 11.9 Å². The number of amides is 3. The second-order valence-corrected chi connectivity index (χ2v) is 3.61. The van der Waals surface area contributed by atoms with E-state index in [4.69, 9.17) is 4.52 Å². The first-order chi connectivity index (χ1) is 8.63. The van der Waals surface area contributed by atoms with E-state index in [-0.39, 0.29) is 5.91 Å². The number of nitrogens with zero attached hydrogens (tertiary/aromatic N) is 2. The van der Waals surface area contributed by atoms with E-state index in [9.17, 15) is 9.59 Å². The maximum absolute atomic E-state index is 11.5. The van der Waals surface area contributed by atoms with Crippen LogP contribution in [0.25, 0.3) is 0 Å². The lowest BCUT2D eigenvalue weighted by molar-refractivity contribution is -0.121. The minimum atomic E-state index is -0.493. The molecule has 0 aliphatic heterocycles. The van der Waals surface area contributed by atoms with Crippen molar-refractivity contribution < 1.29 is 14.1 Å². The molecule has 0 bridgehead atoms. The Labute approximate surface area is 105 Å². The molecule has 0 saturated carbocycles. The highest BCUT2D eigenvalue weighted by Gasteiger charge is 2.14. The molecule has 0 aliphatic rings. The molecule has 100 valence electrons. The Bertz CT molecular complexity index is 379. The van der Waals surface area contributed by atoms with Crippen LogP contribution in [0.3, 0.4) is 0 Å². The average molecular weight is 255 g/mol. The van der Waals surface area contributed by atoms with E-state index < -0.39 is 12.1 Å². The molecule has 8 heteroatoms. The molecule has 0 spiro atoms. The maximum atomic E-state index is 11.5. The number of urea groups is 1. The summed E-state index contributed by atoms with van der Waals surface area (Å²) in [4.78, 5) is 26.5. The molecule has 3 N–H and O–H groups in total. The molecule has 0 aromatic carbocycles. The monoisotopic (exact) mass is 255 g/mol. The van der Waals surface area contributed by atoms with Gasteiger partial charge in [0.2, 0.25) is 11.8 Å². The molecule has 8 nitrogen and oxygen atoms in total. The molecule has 3 amide bonds. The van der Waals surface area contributed by atoms with Crippen molar-refractivity contribution in [1.82, 2.24) is 26.1 Å². The van der Waals surface area contributed by atoms with Crippen LogP contribution in [0, 0.1) is 0 Å². The standard InChI is InChI=1S/C10H17N5O3/c1-3-11-10(17)15-9(16)7(2)12-5-4-8-13-6-14-18-8/h6-7,12H,3-5H2,1-2H3,(H2,11,15,16,17). The van der Waals surface area contributed by atoms with Gasteiger partial charge in [0.15, 0.2) is 6.33 Å². The highest BCUT2D eigenvalue weighted by molar-refractivity contribution is 5.96. The summed E-state index contributed by atoms with van der Waals surface area (Å²) >= 11 is 0. The van der Waals surface area contributed by atoms with E-state index in [2.05, 4.69) is 26.1 Å². The number of aromatic nitrogens is 2. The number of hydrogen-bond acceptors (Lipinski definition) is 6. The normalized spacial score (nSPS) is 11.9. The second kappa shape index (κ2) is 7.38. The fourth-order valence-corrected chi connectivity index (χ4v) is 1.22. The minimum Gasteiger partial charge on any atom is -0.340 e. The number of hydrogen-bond donors (Lipinski definition) is 3. The van der Waals surface area contributed by atoms with Gasteiger partial charge in [-0.25, -0.2) is 4.79 Å². The molecule has 0 fully saturated rings. The van der Waals surface area contributed by atoms with Gasteiger partial charge in [-0.2, -0.15) is 4.98 Å². The first kappa shape index (κ1) is 14.1. The lowest BCUT2D eigenvalue weighted by Gasteiger charge is -2.12. The van der Waals surface area contributed by atoms with Crippen molar-refractivity contribution in [3.63, 3.8) is 0 Å². The third kappa shape index (κ3) is 4.91. The summed E-state index contributed by atoms with van der Waals surface area (Å²) in [5.41, 5.74) is 0. The van der Waals surface area contributed by atoms with Crippen molar-refractivity contribution in [3.8, 4) is 0 Å². The fraction of sp³-hybridized carbons (Fsp3) is 0.600. The summed E-state index contributed by atoms with van der Waals surface area (Å²) < 4.78 is 4.81. The third-order valence-electron chi connectivity index (χ3n) is 2.16. The number of nitrogens with one attached hydrogen (secondary N) is 3. The van der Waals surface area contributed by atoms with E-state index >= 15 is 0 Å². The Kier molecular flexibility index (Phi) is 5.78. The molecule has 1 aromatic heterocycles. The largest absolute Gasteiger partial charge is 0.340 e. The Morgan fingerprint density at radius 3 is 2.89 bits per heavy atom. The van der Waals surface area contributed by atoms with Gasteiger partial charge >= 0.3 is 6.03 Å². The zero-order valence-corrected chi connectivity index (χ0v) is 10.4. The van der Waals surface area contributed by atoms with Crippen LogP contribution in [0.15, 0.2) is 10.9 Å². The SMILES string of the molecule is CCNC(=O)NC(=O)C(C)NCCc1ncno1. The first-order valence-electron chi connectivity index (χ1n) is 5.71. The Hall–Kier alpha value is -1.96. The van der Waals surface area contributed by atoms with Gasteiger partial charge < -0.3 is 15.2 Å². The van der Waals surface area contributed by atoms with Gasteiger partial charge in [-0.1, -0.05) is 5.16 Å². The summed E-state index contributed by atoms with van der Waals surface area (Å²) in [6, 6.07) is -0.969. The predicted molar refractivity (Wildman–Crippen MR) is 62.7 cm³/mol. The Morgan fingerprint density at radius 1 is 1.50 bits per heavy atom. The number of rotatable bonds is 6. The van der Waals surface area contributed by atoms with Crippen LogP contribution in [-0.4, -0.2) is 41.2 Å². The van der Waals surface area contributed by atoms with E-state index in [0.29, 0.717) is 25.4 Å².